The molecule has 1 unspecified atom stereocenters. The van der Waals surface area contributed by atoms with E-state index >= 15 is 0 Å². The summed E-state index contributed by atoms with van der Waals surface area (Å²) in [6.45, 7) is 3.59. The fourth-order valence-corrected chi connectivity index (χ4v) is 3.08. The molecule has 0 fully saturated rings. The summed E-state index contributed by atoms with van der Waals surface area (Å²) in [6.07, 6.45) is 0.293. The van der Waals surface area contributed by atoms with Crippen LogP contribution in [-0.4, -0.2) is 24.2 Å². The van der Waals surface area contributed by atoms with Crippen molar-refractivity contribution in [3.63, 3.8) is 0 Å². The summed E-state index contributed by atoms with van der Waals surface area (Å²) in [4.78, 5) is 22.7. The molecule has 182 valence electrons. The minimum atomic E-state index is -0.636. The summed E-state index contributed by atoms with van der Waals surface area (Å²) in [5, 5.41) is 37.7. The Morgan fingerprint density at radius 1 is 1.20 bits per heavy atom. The molecule has 0 bridgehead atoms. The van der Waals surface area contributed by atoms with E-state index in [9.17, 15) is 14.9 Å². The molecule has 11 nitrogen and oxygen atoms in total. The fraction of sp³-hybridized carbons (Fsp3) is 0.292. The molecule has 35 heavy (non-hydrogen) atoms. The Kier molecular flexibility index (Phi) is 9.88. The monoisotopic (exact) mass is 478 g/mol. The lowest BCUT2D eigenvalue weighted by molar-refractivity contribution is -0.403. The number of benzene rings is 2. The zero-order valence-corrected chi connectivity index (χ0v) is 19.6. The number of amides is 1. The molecule has 3 N–H and O–H groups in total. The summed E-state index contributed by atoms with van der Waals surface area (Å²) < 4.78 is 10.4. The normalized spacial score (nSPS) is 12.3. The van der Waals surface area contributed by atoms with Gasteiger partial charge in [-0.15, -0.1) is 0 Å². The zero-order chi connectivity index (χ0) is 25.8. The molecule has 0 aromatic heterocycles. The first-order valence-corrected chi connectivity index (χ1v) is 10.7. The highest BCUT2D eigenvalue weighted by Crippen LogP contribution is 2.24. The van der Waals surface area contributed by atoms with E-state index in [1.165, 1.54) is 13.2 Å². The van der Waals surface area contributed by atoms with E-state index in [0.717, 1.165) is 11.8 Å². The molecule has 0 saturated heterocycles. The van der Waals surface area contributed by atoms with Crippen LogP contribution in [0.5, 0.6) is 5.75 Å². The Morgan fingerprint density at radius 3 is 2.51 bits per heavy atom. The number of nitrogens with zero attached hydrogens (tertiary/aromatic N) is 3. The molecule has 0 aliphatic rings. The van der Waals surface area contributed by atoms with Gasteiger partial charge in [0.15, 0.2) is 5.82 Å². The average Bonchev–Trinajstić information content (AvgIpc) is 2.83. The second-order valence-corrected chi connectivity index (χ2v) is 7.39. The van der Waals surface area contributed by atoms with E-state index in [2.05, 4.69) is 16.0 Å². The lowest BCUT2D eigenvalue weighted by Gasteiger charge is -2.19. The Morgan fingerprint density at radius 2 is 1.91 bits per heavy atom. The number of nitrogens with one attached hydrogen (secondary N) is 3. The maximum Gasteiger partial charge on any atom is 0.407 e. The zero-order valence-electron chi connectivity index (χ0n) is 19.6. The molecule has 11 heteroatoms. The van der Waals surface area contributed by atoms with E-state index < -0.39 is 23.2 Å². The largest absolute Gasteiger partial charge is 0.495 e. The van der Waals surface area contributed by atoms with Crippen molar-refractivity contribution in [1.82, 2.24) is 5.32 Å². The first-order chi connectivity index (χ1) is 16.8. The first-order valence-electron chi connectivity index (χ1n) is 10.7. The standard InChI is InChI=1S/C24H26N6O5/c1-4-21(10-11-25)35-24(31)27-16(2)17-6-5-7-19(12-17)28-23(15-30(32)33)29-20-9-8-18(14-26)22(13-20)34-3/h5-9,12-13,15-16,21,28-29H,4,10H2,1-3H3,(H,27,31)/b23-15-/t16-,21?/m0/s1. The van der Waals surface area contributed by atoms with E-state index in [4.69, 9.17) is 20.0 Å². The minimum absolute atomic E-state index is 0.0706. The van der Waals surface area contributed by atoms with Gasteiger partial charge in [-0.2, -0.15) is 10.5 Å². The molecule has 0 saturated carbocycles. The highest BCUT2D eigenvalue weighted by atomic mass is 16.6. The number of alkyl carbamates (subject to hydrolysis) is 1. The maximum absolute atomic E-state index is 12.2. The van der Waals surface area contributed by atoms with Crippen molar-refractivity contribution < 1.29 is 19.2 Å². The summed E-state index contributed by atoms with van der Waals surface area (Å²) in [6, 6.07) is 15.2. The Bertz CT molecular complexity index is 1170. The van der Waals surface area contributed by atoms with Crippen LogP contribution in [-0.2, 0) is 4.74 Å². The van der Waals surface area contributed by atoms with Crippen LogP contribution in [0.4, 0.5) is 16.2 Å². The van der Waals surface area contributed by atoms with Crippen molar-refractivity contribution in [2.24, 2.45) is 0 Å². The summed E-state index contributed by atoms with van der Waals surface area (Å²) in [5.41, 5.74) is 2.05. The van der Waals surface area contributed by atoms with Crippen molar-refractivity contribution in [2.45, 2.75) is 38.8 Å². The van der Waals surface area contributed by atoms with E-state index in [1.54, 1.807) is 43.3 Å². The van der Waals surface area contributed by atoms with Crippen molar-refractivity contribution >= 4 is 17.5 Å². The molecule has 2 aromatic rings. The number of ether oxygens (including phenoxy) is 2. The van der Waals surface area contributed by atoms with E-state index in [0.29, 0.717) is 29.1 Å². The number of rotatable bonds is 11. The number of hydrogen-bond acceptors (Lipinski definition) is 9. The van der Waals surface area contributed by atoms with Gasteiger partial charge in [0.25, 0.3) is 6.20 Å². The van der Waals surface area contributed by atoms with Crippen LogP contribution in [0.15, 0.2) is 54.5 Å². The van der Waals surface area contributed by atoms with Gasteiger partial charge in [-0.3, -0.25) is 10.1 Å². The smallest absolute Gasteiger partial charge is 0.407 e. The third kappa shape index (κ3) is 8.26. The molecule has 0 aliphatic carbocycles. The van der Waals surface area contributed by atoms with Crippen LogP contribution in [0.2, 0.25) is 0 Å². The summed E-state index contributed by atoms with van der Waals surface area (Å²) in [5.74, 6) is 0.396. The van der Waals surface area contributed by atoms with Gasteiger partial charge in [-0.05, 0) is 43.2 Å². The number of anilines is 2. The quantitative estimate of drug-likeness (QED) is 0.308. The maximum atomic E-state index is 12.2. The van der Waals surface area contributed by atoms with Gasteiger partial charge in [-0.1, -0.05) is 19.1 Å². The number of nitro groups is 1. The van der Waals surface area contributed by atoms with Crippen LogP contribution in [0, 0.1) is 32.8 Å². The second kappa shape index (κ2) is 13.1. The SMILES string of the molecule is CCC(CC#N)OC(=O)N[C@@H](C)c1cccc(N/C(=C/[N+](=O)[O-])Nc2ccc(C#N)c(OC)c2)c1. The lowest BCUT2D eigenvalue weighted by atomic mass is 10.1. The number of methoxy groups -OCH3 is 1. The molecule has 2 atom stereocenters. The number of carbonyl (C=O) groups excluding carboxylic acids is 1. The van der Waals surface area contributed by atoms with Crippen LogP contribution in [0.25, 0.3) is 0 Å². The predicted molar refractivity (Wildman–Crippen MR) is 129 cm³/mol. The first kappa shape index (κ1) is 26.5. The van der Waals surface area contributed by atoms with Gasteiger partial charge < -0.3 is 25.4 Å². The van der Waals surface area contributed by atoms with Gasteiger partial charge in [0.2, 0.25) is 0 Å². The molecule has 2 aromatic carbocycles. The average molecular weight is 479 g/mol. The highest BCUT2D eigenvalue weighted by Gasteiger charge is 2.16. The van der Waals surface area contributed by atoms with Crippen LogP contribution >= 0.6 is 0 Å². The van der Waals surface area contributed by atoms with E-state index in [-0.39, 0.29) is 12.2 Å². The molecular formula is C24H26N6O5. The van der Waals surface area contributed by atoms with E-state index in [1.807, 2.05) is 19.1 Å². The van der Waals surface area contributed by atoms with Gasteiger partial charge in [-0.25, -0.2) is 4.79 Å². The number of hydrogen-bond donors (Lipinski definition) is 3. The lowest BCUT2D eigenvalue weighted by Crippen LogP contribution is -2.30. The molecular weight excluding hydrogens is 452 g/mol. The highest BCUT2D eigenvalue weighted by molar-refractivity contribution is 5.68. The summed E-state index contributed by atoms with van der Waals surface area (Å²) >= 11 is 0. The third-order valence-electron chi connectivity index (χ3n) is 4.88. The Hall–Kier alpha value is -4.77. The second-order valence-electron chi connectivity index (χ2n) is 7.39. The minimum Gasteiger partial charge on any atom is -0.495 e. The van der Waals surface area contributed by atoms with Crippen LogP contribution in [0.3, 0.4) is 0 Å². The predicted octanol–water partition coefficient (Wildman–Crippen LogP) is 4.65. The number of carbonyl (C=O) groups is 1. The Balaban J connectivity index is 2.15. The van der Waals surface area contributed by atoms with Gasteiger partial charge >= 0.3 is 6.09 Å². The molecule has 0 radical (unpaired) electrons. The van der Waals surface area contributed by atoms with Crippen molar-refractivity contribution in [3.8, 4) is 17.9 Å². The van der Waals surface area contributed by atoms with Gasteiger partial charge in [0.1, 0.15) is 17.9 Å². The van der Waals surface area contributed by atoms with Crippen molar-refractivity contribution in [2.75, 3.05) is 17.7 Å². The fourth-order valence-electron chi connectivity index (χ4n) is 3.08. The molecule has 2 rings (SSSR count). The molecule has 0 spiro atoms. The summed E-state index contributed by atoms with van der Waals surface area (Å²) in [7, 11) is 1.42. The third-order valence-corrected chi connectivity index (χ3v) is 4.88. The van der Waals surface area contributed by atoms with Crippen molar-refractivity contribution in [3.05, 3.63) is 75.7 Å². The Labute approximate surface area is 203 Å². The van der Waals surface area contributed by atoms with Crippen LogP contribution in [0.1, 0.15) is 43.9 Å². The number of nitriles is 2. The van der Waals surface area contributed by atoms with Crippen molar-refractivity contribution in [1.29, 1.82) is 10.5 Å². The topological polar surface area (TPSA) is 162 Å². The van der Waals surface area contributed by atoms with Gasteiger partial charge in [0.05, 0.1) is 36.1 Å². The molecule has 0 heterocycles. The molecule has 0 aliphatic heterocycles. The van der Waals surface area contributed by atoms with Gasteiger partial charge in [0, 0.05) is 17.4 Å². The van der Waals surface area contributed by atoms with Crippen LogP contribution < -0.4 is 20.7 Å². The molecule has 1 amide bonds.